The number of rotatable bonds is 7. The molecule has 0 N–H and O–H groups in total. The fourth-order valence-corrected chi connectivity index (χ4v) is 2.75. The van der Waals surface area contributed by atoms with Crippen LogP contribution in [0.2, 0.25) is 18.1 Å². The maximum absolute atomic E-state index is 12.4. The maximum Gasteiger partial charge on any atom is 0.419 e. The van der Waals surface area contributed by atoms with Gasteiger partial charge in [-0.15, -0.1) is 0 Å². The van der Waals surface area contributed by atoms with Crippen molar-refractivity contribution in [2.45, 2.75) is 91.6 Å². The number of imide groups is 1. The summed E-state index contributed by atoms with van der Waals surface area (Å²) in [6.07, 6.45) is -1.49. The molecule has 0 radical (unpaired) electrons. The Balaban J connectivity index is 4.65. The van der Waals surface area contributed by atoms with Gasteiger partial charge in [0.15, 0.2) is 8.32 Å². The van der Waals surface area contributed by atoms with E-state index in [-0.39, 0.29) is 18.2 Å². The normalized spacial score (nSPS) is 13.2. The number of hydrogen-bond acceptors (Lipinski definition) is 6. The van der Waals surface area contributed by atoms with Crippen molar-refractivity contribution < 1.29 is 28.2 Å². The van der Waals surface area contributed by atoms with Crippen molar-refractivity contribution in [2.75, 3.05) is 26.4 Å². The second kappa shape index (κ2) is 10.1. The molecule has 0 atom stereocenters. The second-order valence-electron chi connectivity index (χ2n) is 10.3. The topological polar surface area (TPSA) is 74.3 Å². The highest BCUT2D eigenvalue weighted by atomic mass is 28.4. The van der Waals surface area contributed by atoms with Crippen LogP contribution in [0.1, 0.15) is 62.3 Å². The lowest BCUT2D eigenvalue weighted by atomic mass is 10.2. The maximum atomic E-state index is 12.4. The van der Waals surface area contributed by atoms with Gasteiger partial charge in [0.1, 0.15) is 11.2 Å². The molecule has 2 amide bonds. The highest BCUT2D eigenvalue weighted by Gasteiger charge is 2.37. The smallest absolute Gasteiger partial charge is 0.419 e. The lowest BCUT2D eigenvalue weighted by Gasteiger charge is -2.36. The average molecular weight is 420 g/mol. The van der Waals surface area contributed by atoms with Crippen molar-refractivity contribution in [1.82, 2.24) is 4.90 Å². The van der Waals surface area contributed by atoms with E-state index in [1.165, 1.54) is 0 Å². The molecule has 8 heteroatoms. The van der Waals surface area contributed by atoms with Crippen molar-refractivity contribution in [3.63, 3.8) is 0 Å². The lowest BCUT2D eigenvalue weighted by molar-refractivity contribution is -0.00566. The summed E-state index contributed by atoms with van der Waals surface area (Å²) in [4.78, 5) is 25.7. The third kappa shape index (κ3) is 11.0. The highest BCUT2D eigenvalue weighted by molar-refractivity contribution is 6.74. The summed E-state index contributed by atoms with van der Waals surface area (Å²) in [5.74, 6) is 0. The molecular weight excluding hydrogens is 378 g/mol. The first-order chi connectivity index (χ1) is 12.4. The molecule has 0 fully saturated rings. The molecule has 0 aromatic carbocycles. The minimum Gasteiger partial charge on any atom is -0.443 e. The molecule has 0 saturated heterocycles. The zero-order valence-corrected chi connectivity index (χ0v) is 20.7. The number of carbonyl (C=O) groups excluding carboxylic acids is 2. The molecule has 0 spiro atoms. The van der Waals surface area contributed by atoms with E-state index in [0.29, 0.717) is 13.2 Å². The molecule has 166 valence electrons. The van der Waals surface area contributed by atoms with E-state index in [2.05, 4.69) is 33.9 Å². The molecule has 0 aliphatic rings. The standard InChI is InChI=1S/C20H41NO6Si/c1-18(2,3)26-16(22)21(17(23)27-19(4,5)6)12-13-24-14-15-25-28(10,11)20(7,8)9/h12-15H2,1-11H3. The molecular formula is C20H41NO6Si. The number of amides is 2. The van der Waals surface area contributed by atoms with Crippen LogP contribution in [0.15, 0.2) is 0 Å². The Bertz CT molecular complexity index is 486. The molecule has 0 rings (SSSR count). The minimum absolute atomic E-state index is 0.0456. The Morgan fingerprint density at radius 2 is 1.18 bits per heavy atom. The van der Waals surface area contributed by atoms with Crippen molar-refractivity contribution in [1.29, 1.82) is 0 Å². The molecule has 0 saturated carbocycles. The van der Waals surface area contributed by atoms with Crippen LogP contribution in [0.3, 0.4) is 0 Å². The zero-order chi connectivity index (χ0) is 22.4. The number of nitrogens with zero attached hydrogens (tertiary/aromatic N) is 1. The Morgan fingerprint density at radius 3 is 1.54 bits per heavy atom. The van der Waals surface area contributed by atoms with E-state index >= 15 is 0 Å². The summed E-state index contributed by atoms with van der Waals surface area (Å²) in [6, 6.07) is 0. The Labute approximate surface area is 172 Å². The van der Waals surface area contributed by atoms with Gasteiger partial charge in [-0.05, 0) is 59.7 Å². The van der Waals surface area contributed by atoms with Gasteiger partial charge in [0.2, 0.25) is 0 Å². The van der Waals surface area contributed by atoms with Crippen molar-refractivity contribution >= 4 is 20.5 Å². The molecule has 0 aromatic heterocycles. The SMILES string of the molecule is CC(C)(C)OC(=O)N(CCOCCO[Si](C)(C)C(C)(C)C)C(=O)OC(C)(C)C. The van der Waals surface area contributed by atoms with E-state index in [9.17, 15) is 9.59 Å². The Kier molecular flexibility index (Phi) is 9.67. The van der Waals surface area contributed by atoms with E-state index < -0.39 is 31.7 Å². The van der Waals surface area contributed by atoms with Crippen LogP contribution in [0.25, 0.3) is 0 Å². The van der Waals surface area contributed by atoms with Gasteiger partial charge in [-0.25, -0.2) is 14.5 Å². The molecule has 28 heavy (non-hydrogen) atoms. The van der Waals surface area contributed by atoms with Gasteiger partial charge in [-0.2, -0.15) is 0 Å². The van der Waals surface area contributed by atoms with Crippen LogP contribution in [0.4, 0.5) is 9.59 Å². The van der Waals surface area contributed by atoms with Crippen LogP contribution in [0, 0.1) is 0 Å². The number of ether oxygens (including phenoxy) is 3. The van der Waals surface area contributed by atoms with Gasteiger partial charge in [0, 0.05) is 0 Å². The summed E-state index contributed by atoms with van der Waals surface area (Å²) in [6.45, 7) is 22.5. The van der Waals surface area contributed by atoms with E-state index in [0.717, 1.165) is 4.90 Å². The summed E-state index contributed by atoms with van der Waals surface area (Å²) in [7, 11) is -1.81. The predicted octanol–water partition coefficient (Wildman–Crippen LogP) is 5.20. The van der Waals surface area contributed by atoms with Crippen molar-refractivity contribution in [2.24, 2.45) is 0 Å². The monoisotopic (exact) mass is 419 g/mol. The summed E-state index contributed by atoms with van der Waals surface area (Å²) in [5, 5.41) is 0.136. The quantitative estimate of drug-likeness (QED) is 0.417. The Morgan fingerprint density at radius 1 is 0.750 bits per heavy atom. The minimum atomic E-state index is -1.81. The number of hydrogen-bond donors (Lipinski definition) is 0. The van der Waals surface area contributed by atoms with Crippen LogP contribution >= 0.6 is 0 Å². The fraction of sp³-hybridized carbons (Fsp3) is 0.900. The molecule has 7 nitrogen and oxygen atoms in total. The number of carbonyl (C=O) groups is 2. The molecule has 0 heterocycles. The zero-order valence-electron chi connectivity index (χ0n) is 19.7. The average Bonchev–Trinajstić information content (AvgIpc) is 2.40. The molecule has 0 aliphatic carbocycles. The summed E-state index contributed by atoms with van der Waals surface area (Å²) in [5.41, 5.74) is -1.43. The van der Waals surface area contributed by atoms with Crippen LogP contribution in [0.5, 0.6) is 0 Å². The third-order valence-electron chi connectivity index (χ3n) is 4.18. The first kappa shape index (κ1) is 26.9. The molecule has 0 bridgehead atoms. The third-order valence-corrected chi connectivity index (χ3v) is 8.72. The summed E-state index contributed by atoms with van der Waals surface area (Å²) >= 11 is 0. The van der Waals surface area contributed by atoms with Gasteiger partial charge in [-0.3, -0.25) is 0 Å². The van der Waals surface area contributed by atoms with Crippen molar-refractivity contribution in [3.05, 3.63) is 0 Å². The van der Waals surface area contributed by atoms with Gasteiger partial charge in [-0.1, -0.05) is 20.8 Å². The molecule has 0 aromatic rings. The molecule has 0 unspecified atom stereocenters. The van der Waals surface area contributed by atoms with Crippen LogP contribution in [-0.2, 0) is 18.6 Å². The highest BCUT2D eigenvalue weighted by Crippen LogP contribution is 2.36. The van der Waals surface area contributed by atoms with Crippen molar-refractivity contribution in [3.8, 4) is 0 Å². The summed E-state index contributed by atoms with van der Waals surface area (Å²) < 4.78 is 22.2. The predicted molar refractivity (Wildman–Crippen MR) is 113 cm³/mol. The van der Waals surface area contributed by atoms with Gasteiger partial charge < -0.3 is 18.6 Å². The second-order valence-corrected chi connectivity index (χ2v) is 15.1. The van der Waals surface area contributed by atoms with Crippen LogP contribution < -0.4 is 0 Å². The van der Waals surface area contributed by atoms with Gasteiger partial charge in [0.05, 0.1) is 26.4 Å². The van der Waals surface area contributed by atoms with Crippen LogP contribution in [-0.4, -0.2) is 63.0 Å². The lowest BCUT2D eigenvalue weighted by Crippen LogP contribution is -2.45. The Hall–Kier alpha value is -1.12. The largest absolute Gasteiger partial charge is 0.443 e. The first-order valence-corrected chi connectivity index (χ1v) is 12.7. The van der Waals surface area contributed by atoms with E-state index in [1.807, 2.05) is 0 Å². The van der Waals surface area contributed by atoms with Gasteiger partial charge in [0.25, 0.3) is 0 Å². The van der Waals surface area contributed by atoms with E-state index in [1.54, 1.807) is 41.5 Å². The van der Waals surface area contributed by atoms with E-state index in [4.69, 9.17) is 18.6 Å². The first-order valence-electron chi connectivity index (χ1n) is 9.81. The molecule has 0 aliphatic heterocycles. The fourth-order valence-electron chi connectivity index (χ4n) is 1.72. The van der Waals surface area contributed by atoms with Gasteiger partial charge >= 0.3 is 12.2 Å².